The molecule has 2 saturated heterocycles. The van der Waals surface area contributed by atoms with Gasteiger partial charge < -0.3 is 24.3 Å². The van der Waals surface area contributed by atoms with E-state index in [1.54, 1.807) is 12.4 Å². The third kappa shape index (κ3) is 5.70. The van der Waals surface area contributed by atoms with Gasteiger partial charge in [0.1, 0.15) is 18.5 Å². The van der Waals surface area contributed by atoms with Crippen molar-refractivity contribution in [1.29, 1.82) is 0 Å². The van der Waals surface area contributed by atoms with Crippen LogP contribution in [0.1, 0.15) is 12.8 Å². The molecule has 0 bridgehead atoms. The second kappa shape index (κ2) is 12.1. The molecule has 0 radical (unpaired) electrons. The van der Waals surface area contributed by atoms with Gasteiger partial charge in [0.15, 0.2) is 5.83 Å². The largest absolute Gasteiger partial charge is 0.462 e. The van der Waals surface area contributed by atoms with Crippen LogP contribution in [-0.2, 0) is 4.79 Å². The molecular weight excluding hydrogens is 569 g/mol. The van der Waals surface area contributed by atoms with Crippen molar-refractivity contribution in [1.82, 2.24) is 24.8 Å². The van der Waals surface area contributed by atoms with Gasteiger partial charge >= 0.3 is 6.01 Å². The van der Waals surface area contributed by atoms with E-state index in [1.807, 2.05) is 41.3 Å². The highest BCUT2D eigenvalue weighted by Crippen LogP contribution is 2.36. The van der Waals surface area contributed by atoms with Crippen molar-refractivity contribution < 1.29 is 13.9 Å². The van der Waals surface area contributed by atoms with Crippen LogP contribution in [0.4, 0.5) is 10.2 Å². The number of carbonyl (C=O) groups excluding carboxylic acids is 1. The molecule has 43 heavy (non-hydrogen) atoms. The number of aromatic nitrogens is 3. The summed E-state index contributed by atoms with van der Waals surface area (Å²) in [5.74, 6) is -1.17. The Morgan fingerprint density at radius 2 is 2.05 bits per heavy atom. The van der Waals surface area contributed by atoms with Crippen LogP contribution in [0, 0.1) is 6.57 Å². The quantitative estimate of drug-likeness (QED) is 0.208. The number of ether oxygens (including phenoxy) is 1. The number of benzene rings is 2. The number of rotatable bonds is 7. The number of carbonyl (C=O) groups is 1. The molecule has 2 atom stereocenters. The monoisotopic (exact) mass is 599 g/mol. The van der Waals surface area contributed by atoms with E-state index in [9.17, 15) is 9.18 Å². The van der Waals surface area contributed by atoms with Gasteiger partial charge in [0.25, 0.3) is 5.91 Å². The SMILES string of the molecule is [C-]#[N+]C[C@H]1CN(c2nc(OC[C@@H]3CCCN3C)nc3cc(-c4cncc5cccc(Cl)c45)ccc23)CCN1C(=O)C(=C)F. The number of hydrogen-bond donors (Lipinski definition) is 0. The third-order valence-corrected chi connectivity index (χ3v) is 8.67. The van der Waals surface area contributed by atoms with Crippen molar-refractivity contribution in [3.63, 3.8) is 0 Å². The number of nitrogens with zero attached hydrogens (tertiary/aromatic N) is 7. The fraction of sp³-hybridized carbons (Fsp3) is 0.344. The summed E-state index contributed by atoms with van der Waals surface area (Å²) in [4.78, 5) is 35.8. The molecule has 0 unspecified atom stereocenters. The molecule has 220 valence electrons. The maximum absolute atomic E-state index is 13.8. The highest BCUT2D eigenvalue weighted by atomic mass is 35.5. The van der Waals surface area contributed by atoms with Crippen molar-refractivity contribution >= 4 is 45.0 Å². The number of anilines is 1. The molecule has 6 rings (SSSR count). The summed E-state index contributed by atoms with van der Waals surface area (Å²) in [5.41, 5.74) is 2.46. The van der Waals surface area contributed by atoms with Gasteiger partial charge in [-0.15, -0.1) is 0 Å². The summed E-state index contributed by atoms with van der Waals surface area (Å²) in [5, 5.41) is 3.28. The Hall–Kier alpha value is -4.33. The first kappa shape index (κ1) is 28.8. The van der Waals surface area contributed by atoms with Gasteiger partial charge in [-0.2, -0.15) is 9.97 Å². The van der Waals surface area contributed by atoms with Gasteiger partial charge in [-0.1, -0.05) is 36.4 Å². The predicted octanol–water partition coefficient (Wildman–Crippen LogP) is 5.39. The molecule has 2 aromatic carbocycles. The Labute approximate surface area is 254 Å². The van der Waals surface area contributed by atoms with E-state index < -0.39 is 17.8 Å². The van der Waals surface area contributed by atoms with E-state index in [0.29, 0.717) is 36.1 Å². The summed E-state index contributed by atoms with van der Waals surface area (Å²) in [6, 6.07) is 11.7. The number of hydrogen-bond acceptors (Lipinski definition) is 7. The van der Waals surface area contributed by atoms with Crippen molar-refractivity contribution in [2.24, 2.45) is 0 Å². The first-order chi connectivity index (χ1) is 20.8. The number of pyridine rings is 1. The van der Waals surface area contributed by atoms with Crippen LogP contribution in [0.3, 0.4) is 0 Å². The summed E-state index contributed by atoms with van der Waals surface area (Å²) < 4.78 is 20.0. The normalized spacial score (nSPS) is 19.1. The Morgan fingerprint density at radius 1 is 1.19 bits per heavy atom. The molecule has 0 aliphatic carbocycles. The highest BCUT2D eigenvalue weighted by Gasteiger charge is 2.35. The van der Waals surface area contributed by atoms with Crippen LogP contribution < -0.4 is 9.64 Å². The molecule has 2 fully saturated rings. The Bertz CT molecular complexity index is 1750. The smallest absolute Gasteiger partial charge is 0.319 e. The van der Waals surface area contributed by atoms with E-state index in [4.69, 9.17) is 32.9 Å². The fourth-order valence-electron chi connectivity index (χ4n) is 6.07. The highest BCUT2D eigenvalue weighted by molar-refractivity contribution is 6.36. The van der Waals surface area contributed by atoms with Crippen LogP contribution in [-0.4, -0.2) is 89.1 Å². The minimum atomic E-state index is -1.03. The molecule has 11 heteroatoms. The van der Waals surface area contributed by atoms with Gasteiger partial charge in [0.2, 0.25) is 6.54 Å². The average Bonchev–Trinajstić information content (AvgIpc) is 3.43. The maximum atomic E-state index is 13.8. The lowest BCUT2D eigenvalue weighted by atomic mass is 9.99. The van der Waals surface area contributed by atoms with Crippen molar-refractivity contribution in [3.8, 4) is 17.1 Å². The van der Waals surface area contributed by atoms with Gasteiger partial charge in [0, 0.05) is 64.8 Å². The summed E-state index contributed by atoms with van der Waals surface area (Å²) in [6.45, 7) is 13.1. The van der Waals surface area contributed by atoms with E-state index in [1.165, 1.54) is 4.90 Å². The van der Waals surface area contributed by atoms with Gasteiger partial charge in [-0.3, -0.25) is 9.78 Å². The zero-order valence-electron chi connectivity index (χ0n) is 23.8. The molecule has 0 spiro atoms. The zero-order valence-corrected chi connectivity index (χ0v) is 24.6. The molecular formula is C32H31ClFN7O2. The van der Waals surface area contributed by atoms with Crippen molar-refractivity contribution in [2.75, 3.05) is 51.3 Å². The zero-order chi connectivity index (χ0) is 30.1. The lowest BCUT2D eigenvalue weighted by Crippen LogP contribution is -2.56. The summed E-state index contributed by atoms with van der Waals surface area (Å²) in [7, 11) is 2.09. The lowest BCUT2D eigenvalue weighted by Gasteiger charge is -2.39. The second-order valence-electron chi connectivity index (χ2n) is 11.0. The number of piperazine rings is 1. The molecule has 4 aromatic rings. The van der Waals surface area contributed by atoms with E-state index >= 15 is 0 Å². The first-order valence-electron chi connectivity index (χ1n) is 14.2. The summed E-state index contributed by atoms with van der Waals surface area (Å²) in [6.07, 6.45) is 5.76. The minimum Gasteiger partial charge on any atom is -0.462 e. The average molecular weight is 600 g/mol. The van der Waals surface area contributed by atoms with Crippen LogP contribution in [0.15, 0.2) is 61.2 Å². The Balaban J connectivity index is 1.41. The number of halogens is 2. The van der Waals surface area contributed by atoms with Gasteiger partial charge in [-0.05, 0) is 50.2 Å². The minimum absolute atomic E-state index is 0.0366. The predicted molar refractivity (Wildman–Crippen MR) is 166 cm³/mol. The van der Waals surface area contributed by atoms with Gasteiger partial charge in [0.05, 0.1) is 5.52 Å². The number of amides is 1. The topological polar surface area (TPSA) is 79.1 Å². The molecule has 0 N–H and O–H groups in total. The Kier molecular flexibility index (Phi) is 8.10. The first-order valence-corrected chi connectivity index (χ1v) is 14.6. The number of fused-ring (bicyclic) bond motifs is 2. The van der Waals surface area contributed by atoms with Crippen LogP contribution in [0.25, 0.3) is 37.6 Å². The second-order valence-corrected chi connectivity index (χ2v) is 11.4. The summed E-state index contributed by atoms with van der Waals surface area (Å²) >= 11 is 6.63. The third-order valence-electron chi connectivity index (χ3n) is 8.35. The Morgan fingerprint density at radius 3 is 2.81 bits per heavy atom. The molecule has 9 nitrogen and oxygen atoms in total. The van der Waals surface area contributed by atoms with Crippen LogP contribution >= 0.6 is 11.6 Å². The number of likely N-dealkylation sites (N-methyl/N-ethyl adjacent to an activating group) is 1. The molecule has 1 amide bonds. The molecule has 2 aliphatic heterocycles. The lowest BCUT2D eigenvalue weighted by molar-refractivity contribution is -0.131. The standard InChI is InChI=1S/C32H31ClFN7O2/c1-20(34)31(42)41-13-12-40(18-24(41)16-35-2)30-25-10-9-21(26-17-36-15-22-6-4-8-27(33)29(22)26)14-28(25)37-32(38-30)43-19-23-7-5-11-39(23)3/h4,6,8-10,14-15,17,23-24H,1,5,7,11-13,16,18-19H2,3H3/t23-,24-/m0/s1. The van der Waals surface area contributed by atoms with E-state index in [2.05, 4.69) is 28.4 Å². The molecule has 2 aromatic heterocycles. The van der Waals surface area contributed by atoms with Gasteiger partial charge in [-0.25, -0.2) is 11.0 Å². The molecule has 0 saturated carbocycles. The van der Waals surface area contributed by atoms with Crippen molar-refractivity contribution in [3.05, 3.63) is 77.6 Å². The molecule has 4 heterocycles. The van der Waals surface area contributed by atoms with Crippen LogP contribution in [0.5, 0.6) is 6.01 Å². The maximum Gasteiger partial charge on any atom is 0.319 e. The molecule has 2 aliphatic rings. The number of likely N-dealkylation sites (tertiary alicyclic amines) is 1. The van der Waals surface area contributed by atoms with E-state index in [-0.39, 0.29) is 25.1 Å². The van der Waals surface area contributed by atoms with E-state index in [0.717, 1.165) is 46.7 Å². The fourth-order valence-corrected chi connectivity index (χ4v) is 6.35. The van der Waals surface area contributed by atoms with Crippen molar-refractivity contribution in [2.45, 2.75) is 24.9 Å². The van der Waals surface area contributed by atoms with Crippen LogP contribution in [0.2, 0.25) is 5.02 Å².